The van der Waals surface area contributed by atoms with Gasteiger partial charge >= 0.3 is 5.97 Å². The summed E-state index contributed by atoms with van der Waals surface area (Å²) >= 11 is 0. The van der Waals surface area contributed by atoms with Gasteiger partial charge in [-0.2, -0.15) is 0 Å². The predicted octanol–water partition coefficient (Wildman–Crippen LogP) is 1.14. The fourth-order valence-corrected chi connectivity index (χ4v) is 1.01. The summed E-state index contributed by atoms with van der Waals surface area (Å²) in [7, 11) is 0. The molecule has 84 valence electrons. The molecule has 0 aliphatic rings. The lowest BCUT2D eigenvalue weighted by atomic mass is 10.2. The third-order valence-electron chi connectivity index (χ3n) is 1.79. The zero-order valence-electron chi connectivity index (χ0n) is 8.20. The Hall–Kier alpha value is -2.37. The van der Waals surface area contributed by atoms with Crippen LogP contribution in [0.1, 0.15) is 0 Å². The topological polar surface area (TPSA) is 99.2 Å². The molecule has 0 aliphatic heterocycles. The summed E-state index contributed by atoms with van der Waals surface area (Å²) in [4.78, 5) is 10.6. The minimum atomic E-state index is -1.30. The first-order valence-electron chi connectivity index (χ1n) is 4.30. The van der Waals surface area contributed by atoms with Crippen LogP contribution in [-0.2, 0) is 4.79 Å². The zero-order valence-corrected chi connectivity index (χ0v) is 8.20. The van der Waals surface area contributed by atoms with Crippen LogP contribution in [0, 0.1) is 11.2 Å². The van der Waals surface area contributed by atoms with Crippen molar-refractivity contribution < 1.29 is 14.3 Å². The SMILES string of the molecule is N=C/C(C(=O)O)=C(/N)Nc1ccc(F)cc1. The average Bonchev–Trinajstić information content (AvgIpc) is 2.22. The summed E-state index contributed by atoms with van der Waals surface area (Å²) in [6.45, 7) is 0. The first-order chi connectivity index (χ1) is 7.54. The van der Waals surface area contributed by atoms with Crippen LogP contribution in [0.5, 0.6) is 0 Å². The first-order valence-corrected chi connectivity index (χ1v) is 4.30. The molecule has 0 radical (unpaired) electrons. The number of halogens is 1. The predicted molar refractivity (Wildman–Crippen MR) is 57.7 cm³/mol. The highest BCUT2D eigenvalue weighted by Gasteiger charge is 2.09. The second kappa shape index (κ2) is 4.92. The lowest BCUT2D eigenvalue weighted by molar-refractivity contribution is -0.132. The second-order valence-corrected chi connectivity index (χ2v) is 2.91. The number of hydrogen-bond donors (Lipinski definition) is 4. The largest absolute Gasteiger partial charge is 0.478 e. The van der Waals surface area contributed by atoms with Crippen molar-refractivity contribution in [3.05, 3.63) is 41.5 Å². The molecule has 0 aromatic heterocycles. The van der Waals surface area contributed by atoms with Crippen molar-refractivity contribution in [2.75, 3.05) is 5.32 Å². The van der Waals surface area contributed by atoms with Crippen LogP contribution in [0.4, 0.5) is 10.1 Å². The third-order valence-corrected chi connectivity index (χ3v) is 1.79. The maximum Gasteiger partial charge on any atom is 0.340 e. The van der Waals surface area contributed by atoms with Crippen molar-refractivity contribution in [2.24, 2.45) is 5.73 Å². The van der Waals surface area contributed by atoms with Crippen molar-refractivity contribution in [1.29, 1.82) is 5.41 Å². The molecule has 0 heterocycles. The van der Waals surface area contributed by atoms with Gasteiger partial charge < -0.3 is 21.6 Å². The number of carboxylic acid groups (broad SMARTS) is 1. The summed E-state index contributed by atoms with van der Waals surface area (Å²) in [5.74, 6) is -1.88. The van der Waals surface area contributed by atoms with Crippen molar-refractivity contribution in [2.45, 2.75) is 0 Å². The molecule has 0 spiro atoms. The van der Waals surface area contributed by atoms with E-state index in [9.17, 15) is 9.18 Å². The molecular weight excluding hydrogens is 213 g/mol. The normalized spacial score (nSPS) is 11.6. The smallest absolute Gasteiger partial charge is 0.340 e. The van der Waals surface area contributed by atoms with E-state index in [0.29, 0.717) is 11.9 Å². The van der Waals surface area contributed by atoms with Gasteiger partial charge in [-0.25, -0.2) is 9.18 Å². The number of rotatable bonds is 4. The van der Waals surface area contributed by atoms with Crippen molar-refractivity contribution in [3.8, 4) is 0 Å². The quantitative estimate of drug-likeness (QED) is 0.454. The molecule has 1 aromatic carbocycles. The zero-order chi connectivity index (χ0) is 12.1. The Morgan fingerprint density at radius 3 is 2.44 bits per heavy atom. The van der Waals surface area contributed by atoms with Crippen LogP contribution in [-0.4, -0.2) is 17.3 Å². The fourth-order valence-electron chi connectivity index (χ4n) is 1.01. The lowest BCUT2D eigenvalue weighted by Crippen LogP contribution is -2.18. The maximum atomic E-state index is 12.6. The van der Waals surface area contributed by atoms with Gasteiger partial charge in [-0.1, -0.05) is 0 Å². The molecule has 0 aliphatic carbocycles. The number of anilines is 1. The molecule has 0 bridgehead atoms. The second-order valence-electron chi connectivity index (χ2n) is 2.91. The highest BCUT2D eigenvalue weighted by Crippen LogP contribution is 2.10. The van der Waals surface area contributed by atoms with Gasteiger partial charge in [-0.15, -0.1) is 0 Å². The highest BCUT2D eigenvalue weighted by molar-refractivity contribution is 6.08. The van der Waals surface area contributed by atoms with E-state index in [1.165, 1.54) is 24.3 Å². The number of nitrogens with two attached hydrogens (primary N) is 1. The van der Waals surface area contributed by atoms with Gasteiger partial charge in [-0.05, 0) is 24.3 Å². The van der Waals surface area contributed by atoms with Crippen molar-refractivity contribution in [1.82, 2.24) is 0 Å². The Morgan fingerprint density at radius 2 is 2.00 bits per heavy atom. The van der Waals surface area contributed by atoms with E-state index >= 15 is 0 Å². The third kappa shape index (κ3) is 2.81. The Bertz CT molecular complexity index is 440. The van der Waals surface area contributed by atoms with Gasteiger partial charge in [0.1, 0.15) is 17.2 Å². The Morgan fingerprint density at radius 1 is 1.44 bits per heavy atom. The molecule has 0 atom stereocenters. The molecule has 0 saturated heterocycles. The molecule has 1 rings (SSSR count). The Balaban J connectivity index is 2.92. The molecule has 16 heavy (non-hydrogen) atoms. The van der Waals surface area contributed by atoms with Gasteiger partial charge in [0, 0.05) is 11.9 Å². The molecule has 0 saturated carbocycles. The van der Waals surface area contributed by atoms with Crippen LogP contribution in [0.15, 0.2) is 35.7 Å². The first kappa shape index (κ1) is 11.7. The molecule has 5 nitrogen and oxygen atoms in total. The summed E-state index contributed by atoms with van der Waals surface area (Å²) in [5, 5.41) is 18.1. The van der Waals surface area contributed by atoms with E-state index < -0.39 is 11.8 Å². The standard InChI is InChI=1S/C10H10FN3O2/c11-6-1-3-7(4-2-6)14-9(13)8(5-12)10(15)16/h1-5,12,14H,13H2,(H,15,16)/b9-8+,12-5?. The van der Waals surface area contributed by atoms with Crippen molar-refractivity contribution >= 4 is 17.9 Å². The van der Waals surface area contributed by atoms with Crippen molar-refractivity contribution in [3.63, 3.8) is 0 Å². The van der Waals surface area contributed by atoms with Crippen LogP contribution < -0.4 is 11.1 Å². The number of benzene rings is 1. The minimum absolute atomic E-state index is 0.172. The number of carboxylic acids is 1. The van der Waals surface area contributed by atoms with Crippen LogP contribution in [0.3, 0.4) is 0 Å². The maximum absolute atomic E-state index is 12.6. The number of aliphatic carboxylic acids is 1. The van der Waals surface area contributed by atoms with E-state index in [2.05, 4.69) is 5.32 Å². The number of nitrogens with one attached hydrogen (secondary N) is 2. The average molecular weight is 223 g/mol. The fraction of sp³-hybridized carbons (Fsp3) is 0. The Labute approximate surface area is 90.9 Å². The van der Waals surface area contributed by atoms with E-state index in [-0.39, 0.29) is 11.4 Å². The van der Waals surface area contributed by atoms with Crippen LogP contribution >= 0.6 is 0 Å². The van der Waals surface area contributed by atoms with Gasteiger partial charge in [0.2, 0.25) is 0 Å². The van der Waals surface area contributed by atoms with Crippen LogP contribution in [0.25, 0.3) is 0 Å². The number of carbonyl (C=O) groups is 1. The molecule has 1 aromatic rings. The minimum Gasteiger partial charge on any atom is -0.478 e. The van der Waals surface area contributed by atoms with Gasteiger partial charge in [-0.3, -0.25) is 0 Å². The molecule has 6 heteroatoms. The molecular formula is C10H10FN3O2. The van der Waals surface area contributed by atoms with E-state index in [4.69, 9.17) is 16.2 Å². The molecule has 0 fully saturated rings. The number of hydrogen-bond acceptors (Lipinski definition) is 4. The van der Waals surface area contributed by atoms with Gasteiger partial charge in [0.25, 0.3) is 0 Å². The summed E-state index contributed by atoms with van der Waals surface area (Å²) in [6.07, 6.45) is 0.633. The molecule has 5 N–H and O–H groups in total. The molecule has 0 amide bonds. The van der Waals surface area contributed by atoms with Crippen LogP contribution in [0.2, 0.25) is 0 Å². The molecule has 0 unspecified atom stereocenters. The van der Waals surface area contributed by atoms with Gasteiger partial charge in [0.05, 0.1) is 0 Å². The van der Waals surface area contributed by atoms with E-state index in [1.54, 1.807) is 0 Å². The lowest BCUT2D eigenvalue weighted by Gasteiger charge is -2.07. The summed E-state index contributed by atoms with van der Waals surface area (Å²) in [5.41, 5.74) is 5.53. The summed E-state index contributed by atoms with van der Waals surface area (Å²) < 4.78 is 12.6. The highest BCUT2D eigenvalue weighted by atomic mass is 19.1. The monoisotopic (exact) mass is 223 g/mol. The van der Waals surface area contributed by atoms with Gasteiger partial charge in [0.15, 0.2) is 0 Å². The summed E-state index contributed by atoms with van der Waals surface area (Å²) in [6, 6.07) is 5.23. The Kier molecular flexibility index (Phi) is 3.60. The van der Waals surface area contributed by atoms with E-state index in [1.807, 2.05) is 0 Å². The van der Waals surface area contributed by atoms with E-state index in [0.717, 1.165) is 0 Å².